The molecule has 3 nitrogen and oxygen atoms in total. The van der Waals surface area contributed by atoms with Gasteiger partial charge in [0.15, 0.2) is 5.78 Å². The summed E-state index contributed by atoms with van der Waals surface area (Å²) in [4.78, 5) is 12.5. The maximum absolute atomic E-state index is 12.5. The summed E-state index contributed by atoms with van der Waals surface area (Å²) in [5.74, 6) is -0.816. The van der Waals surface area contributed by atoms with Gasteiger partial charge in [0.2, 0.25) is 0 Å². The molecule has 3 rings (SSSR count). The molecule has 0 radical (unpaired) electrons. The molecule has 0 spiro atoms. The van der Waals surface area contributed by atoms with Gasteiger partial charge in [0.1, 0.15) is 5.76 Å². The van der Waals surface area contributed by atoms with Crippen LogP contribution in [0.4, 0.5) is 5.69 Å². The molecule has 0 heterocycles. The van der Waals surface area contributed by atoms with Gasteiger partial charge < -0.3 is 10.4 Å². The normalized spacial score (nSPS) is 16.9. The maximum Gasteiger partial charge on any atom is 0.191 e. The third-order valence-electron chi connectivity index (χ3n) is 3.72. The molecule has 120 valence electrons. The number of hydrogen-bond acceptors (Lipinski definition) is 3. The van der Waals surface area contributed by atoms with Crippen LogP contribution in [0.15, 0.2) is 78.1 Å². The van der Waals surface area contributed by atoms with Crippen LogP contribution in [-0.4, -0.2) is 10.9 Å². The lowest BCUT2D eigenvalue weighted by molar-refractivity contribution is -0.111. The zero-order valence-corrected chi connectivity index (χ0v) is 13.6. The Morgan fingerprint density at radius 2 is 1.71 bits per heavy atom. The van der Waals surface area contributed by atoms with E-state index in [1.807, 2.05) is 56.3 Å². The predicted octanol–water partition coefficient (Wildman–Crippen LogP) is 4.71. The van der Waals surface area contributed by atoms with Crippen LogP contribution in [0.5, 0.6) is 0 Å². The number of aliphatic hydroxyl groups excluding tert-OH is 1. The largest absolute Gasteiger partial charge is 0.508 e. The molecule has 0 aromatic heterocycles. The minimum absolute atomic E-state index is 0.312. The summed E-state index contributed by atoms with van der Waals surface area (Å²) in [7, 11) is 0. The van der Waals surface area contributed by atoms with Crippen LogP contribution in [0.3, 0.4) is 0 Å². The molecular formula is C21H19NO2. The van der Waals surface area contributed by atoms with Crippen molar-refractivity contribution in [1.29, 1.82) is 0 Å². The van der Waals surface area contributed by atoms with E-state index in [1.165, 1.54) is 6.08 Å². The lowest BCUT2D eigenvalue weighted by atomic mass is 9.98. The maximum atomic E-state index is 12.5. The molecule has 0 atom stereocenters. The van der Waals surface area contributed by atoms with Crippen molar-refractivity contribution < 1.29 is 11.3 Å². The number of carbonyl (C=O) groups excluding carboxylic acids is 1. The third kappa shape index (κ3) is 3.46. The molecule has 0 amide bonds. The lowest BCUT2D eigenvalue weighted by Crippen LogP contribution is -2.10. The highest BCUT2D eigenvalue weighted by molar-refractivity contribution is 6.14. The van der Waals surface area contributed by atoms with Gasteiger partial charge in [0.05, 0.1) is 7.07 Å². The third-order valence-corrected chi connectivity index (χ3v) is 3.72. The molecule has 0 saturated heterocycles. The van der Waals surface area contributed by atoms with Crippen molar-refractivity contribution in [3.8, 4) is 0 Å². The van der Waals surface area contributed by atoms with Crippen molar-refractivity contribution in [2.24, 2.45) is 0 Å². The van der Waals surface area contributed by atoms with Gasteiger partial charge in [-0.15, -0.1) is 0 Å². The van der Waals surface area contributed by atoms with Gasteiger partial charge >= 0.3 is 0 Å². The molecule has 24 heavy (non-hydrogen) atoms. The summed E-state index contributed by atoms with van der Waals surface area (Å²) in [6, 6.07) is 15.2. The Morgan fingerprint density at radius 1 is 1.04 bits per heavy atom. The number of nitrogens with one attached hydrogen (secondary N) is 1. The van der Waals surface area contributed by atoms with Crippen LogP contribution in [-0.2, 0) is 4.79 Å². The van der Waals surface area contributed by atoms with E-state index in [-0.39, 0.29) is 5.76 Å². The number of anilines is 1. The summed E-state index contributed by atoms with van der Waals surface area (Å²) < 4.78 is 7.79. The highest BCUT2D eigenvalue weighted by Crippen LogP contribution is 2.26. The van der Waals surface area contributed by atoms with Gasteiger partial charge in [-0.05, 0) is 54.8 Å². The lowest BCUT2D eigenvalue weighted by Gasteiger charge is -2.17. The first-order chi connectivity index (χ1) is 12.0. The van der Waals surface area contributed by atoms with E-state index in [1.54, 1.807) is 6.08 Å². The second-order valence-electron chi connectivity index (χ2n) is 5.83. The fraction of sp³-hybridized carbons (Fsp3) is 0.0952. The molecule has 3 heteroatoms. The summed E-state index contributed by atoms with van der Waals surface area (Å²) in [6.07, 6.45) is 2.93. The number of aliphatic hydroxyl groups is 1. The Balaban J connectivity index is 2.13. The van der Waals surface area contributed by atoms with Crippen LogP contribution in [0.2, 0.25) is 0 Å². The molecule has 0 fully saturated rings. The minimum Gasteiger partial charge on any atom is -0.508 e. The van der Waals surface area contributed by atoms with Crippen LogP contribution in [0, 0.1) is 13.8 Å². The van der Waals surface area contributed by atoms with Crippen LogP contribution in [0.25, 0.3) is 5.70 Å². The zero-order chi connectivity index (χ0) is 18.0. The minimum atomic E-state index is -0.504. The summed E-state index contributed by atoms with van der Waals surface area (Å²) >= 11 is 0. The van der Waals surface area contributed by atoms with Crippen LogP contribution < -0.4 is 5.32 Å². The number of benzene rings is 2. The number of hydrogen-bond donors (Lipinski definition) is 2. The van der Waals surface area contributed by atoms with Gasteiger partial charge in [-0.25, -0.2) is 0 Å². The van der Waals surface area contributed by atoms with Gasteiger partial charge in [0, 0.05) is 17.3 Å². The number of carbonyl (C=O) groups is 1. The molecule has 1 aliphatic rings. The van der Waals surface area contributed by atoms with Gasteiger partial charge in [-0.1, -0.05) is 36.4 Å². The molecule has 2 aromatic rings. The summed E-state index contributed by atoms with van der Waals surface area (Å²) in [5, 5.41) is 13.0. The molecule has 0 saturated carbocycles. The smallest absolute Gasteiger partial charge is 0.191 e. The molecule has 0 bridgehead atoms. The Kier molecular flexibility index (Phi) is 3.98. The second-order valence-corrected chi connectivity index (χ2v) is 5.83. The average Bonchev–Trinajstić information content (AvgIpc) is 2.58. The quantitative estimate of drug-likeness (QED) is 0.806. The number of ketones is 1. The summed E-state index contributed by atoms with van der Waals surface area (Å²) in [6.45, 7) is 4.03. The van der Waals surface area contributed by atoms with Gasteiger partial charge in [0.25, 0.3) is 0 Å². The Hall–Kier alpha value is -3.07. The first-order valence-electron chi connectivity index (χ1n) is 8.23. The molecule has 0 aliphatic heterocycles. The first kappa shape index (κ1) is 14.5. The highest BCUT2D eigenvalue weighted by atomic mass is 16.3. The highest BCUT2D eigenvalue weighted by Gasteiger charge is 2.17. The Bertz CT molecular complexity index is 904. The van der Waals surface area contributed by atoms with Crippen LogP contribution in [0.1, 0.15) is 18.1 Å². The fourth-order valence-corrected chi connectivity index (χ4v) is 2.75. The van der Waals surface area contributed by atoms with E-state index < -0.39 is 11.8 Å². The van der Waals surface area contributed by atoms with E-state index in [0.29, 0.717) is 11.3 Å². The molecule has 2 N–H and O–H groups in total. The SMILES string of the molecule is [2H]C1=C(O)C=C/C(=C(\Nc2cc(C)cc(C)c2)c2ccccc2)C1=O. The number of allylic oxidation sites excluding steroid dienone is 4. The monoisotopic (exact) mass is 318 g/mol. The predicted molar refractivity (Wildman–Crippen MR) is 97.8 cm³/mol. The first-order valence-corrected chi connectivity index (χ1v) is 7.73. The van der Waals surface area contributed by atoms with Crippen LogP contribution >= 0.6 is 0 Å². The van der Waals surface area contributed by atoms with Crippen molar-refractivity contribution in [2.45, 2.75) is 13.8 Å². The van der Waals surface area contributed by atoms with Crippen molar-refractivity contribution in [1.82, 2.24) is 0 Å². The average molecular weight is 318 g/mol. The second kappa shape index (κ2) is 6.59. The van der Waals surface area contributed by atoms with E-state index in [2.05, 4.69) is 11.4 Å². The van der Waals surface area contributed by atoms with Gasteiger partial charge in [-0.3, -0.25) is 4.79 Å². The van der Waals surface area contributed by atoms with Gasteiger partial charge in [-0.2, -0.15) is 0 Å². The van der Waals surface area contributed by atoms with Crippen molar-refractivity contribution in [3.05, 3.63) is 94.8 Å². The standard InChI is InChI=1S/C21H19NO2/c1-14-10-15(2)12-17(11-14)22-21(16-6-4-3-5-7-16)19-9-8-18(23)13-20(19)24/h3-13,22-23H,1-2H3/b21-19+/i13D. The van der Waals surface area contributed by atoms with Crippen molar-refractivity contribution in [3.63, 3.8) is 0 Å². The Morgan fingerprint density at radius 3 is 2.38 bits per heavy atom. The summed E-state index contributed by atoms with van der Waals surface area (Å²) in [5.41, 5.74) is 4.91. The fourth-order valence-electron chi connectivity index (χ4n) is 2.75. The van der Waals surface area contributed by atoms with E-state index in [0.717, 1.165) is 22.4 Å². The number of rotatable bonds is 3. The molecule has 2 aromatic carbocycles. The van der Waals surface area contributed by atoms with E-state index in [4.69, 9.17) is 1.37 Å². The molecular weight excluding hydrogens is 298 g/mol. The van der Waals surface area contributed by atoms with E-state index in [9.17, 15) is 9.90 Å². The topological polar surface area (TPSA) is 49.3 Å². The van der Waals surface area contributed by atoms with Crippen molar-refractivity contribution in [2.75, 3.05) is 5.32 Å². The van der Waals surface area contributed by atoms with Crippen molar-refractivity contribution >= 4 is 17.2 Å². The molecule has 1 aliphatic carbocycles. The van der Waals surface area contributed by atoms with E-state index >= 15 is 0 Å². The Labute approximate surface area is 143 Å². The molecule has 0 unspecified atom stereocenters. The zero-order valence-electron chi connectivity index (χ0n) is 14.6. The number of aryl methyl sites for hydroxylation is 2.